The van der Waals surface area contributed by atoms with Crippen molar-refractivity contribution in [3.8, 4) is 0 Å². The molecule has 0 radical (unpaired) electrons. The Hall–Kier alpha value is -1.45. The maximum absolute atomic E-state index is 12.4. The molecular formula is C15H20N2O5S2. The van der Waals surface area contributed by atoms with E-state index in [0.717, 1.165) is 12.8 Å². The molecule has 9 heteroatoms. The first-order valence-electron chi connectivity index (χ1n) is 7.89. The number of sulfone groups is 1. The third-order valence-electron chi connectivity index (χ3n) is 4.39. The minimum absolute atomic E-state index is 0.0415. The van der Waals surface area contributed by atoms with Crippen LogP contribution < -0.4 is 5.32 Å². The molecule has 7 nitrogen and oxygen atoms in total. The summed E-state index contributed by atoms with van der Waals surface area (Å²) >= 11 is 0. The van der Waals surface area contributed by atoms with Crippen molar-refractivity contribution in [1.82, 2.24) is 9.62 Å². The molecule has 0 aromatic heterocycles. The first-order valence-corrected chi connectivity index (χ1v) is 11.2. The van der Waals surface area contributed by atoms with Crippen LogP contribution in [0.15, 0.2) is 29.2 Å². The molecule has 1 amide bonds. The molecule has 2 aliphatic heterocycles. The second-order valence-corrected chi connectivity index (χ2v) is 10.4. The molecule has 2 aliphatic rings. The van der Waals surface area contributed by atoms with Crippen molar-refractivity contribution in [2.45, 2.75) is 30.2 Å². The van der Waals surface area contributed by atoms with Gasteiger partial charge in [0.05, 0.1) is 16.4 Å². The topological polar surface area (TPSA) is 101 Å². The van der Waals surface area contributed by atoms with Crippen LogP contribution in [-0.2, 0) is 19.9 Å². The van der Waals surface area contributed by atoms with Crippen molar-refractivity contribution in [1.29, 1.82) is 0 Å². The lowest BCUT2D eigenvalue weighted by Gasteiger charge is -2.16. The van der Waals surface area contributed by atoms with Crippen LogP contribution in [0.25, 0.3) is 0 Å². The number of nitrogens with one attached hydrogen (secondary N) is 1. The van der Waals surface area contributed by atoms with E-state index in [0.29, 0.717) is 25.1 Å². The summed E-state index contributed by atoms with van der Waals surface area (Å²) in [6, 6.07) is 5.39. The van der Waals surface area contributed by atoms with Crippen LogP contribution >= 0.6 is 0 Å². The minimum Gasteiger partial charge on any atom is -0.348 e. The van der Waals surface area contributed by atoms with Gasteiger partial charge < -0.3 is 5.32 Å². The monoisotopic (exact) mass is 372 g/mol. The fourth-order valence-corrected chi connectivity index (χ4v) is 6.22. The third-order valence-corrected chi connectivity index (χ3v) is 8.07. The summed E-state index contributed by atoms with van der Waals surface area (Å²) in [5.74, 6) is -0.340. The predicted octanol–water partition coefficient (Wildman–Crippen LogP) is 0.388. The molecule has 2 saturated heterocycles. The highest BCUT2D eigenvalue weighted by Gasteiger charge is 2.30. The van der Waals surface area contributed by atoms with E-state index in [9.17, 15) is 21.6 Å². The highest BCUT2D eigenvalue weighted by molar-refractivity contribution is 7.91. The van der Waals surface area contributed by atoms with E-state index in [2.05, 4.69) is 5.32 Å². The highest BCUT2D eigenvalue weighted by atomic mass is 32.2. The lowest BCUT2D eigenvalue weighted by Crippen LogP contribution is -2.35. The minimum atomic E-state index is -3.50. The molecule has 24 heavy (non-hydrogen) atoms. The zero-order chi connectivity index (χ0) is 17.4. The normalized spacial score (nSPS) is 24.1. The molecular weight excluding hydrogens is 352 g/mol. The van der Waals surface area contributed by atoms with E-state index in [4.69, 9.17) is 0 Å². The van der Waals surface area contributed by atoms with E-state index in [1.807, 2.05) is 0 Å². The van der Waals surface area contributed by atoms with Crippen LogP contribution in [0.4, 0.5) is 0 Å². The van der Waals surface area contributed by atoms with Gasteiger partial charge in [0.25, 0.3) is 5.91 Å². The van der Waals surface area contributed by atoms with Gasteiger partial charge in [-0.15, -0.1) is 0 Å². The summed E-state index contributed by atoms with van der Waals surface area (Å²) in [7, 11) is -6.56. The molecule has 2 fully saturated rings. The Bertz CT molecular complexity index is 825. The standard InChI is InChI=1S/C15H20N2O5S2/c18-15(16-13-7-10-23(19,20)11-13)12-3-5-14(6-4-12)24(21,22)17-8-1-2-9-17/h3-6,13H,1-2,7-11H2,(H,16,18)/t13-/m0/s1. The Labute approximate surface area is 142 Å². The van der Waals surface area contributed by atoms with E-state index < -0.39 is 19.9 Å². The Balaban J connectivity index is 1.69. The number of nitrogens with zero attached hydrogens (tertiary/aromatic N) is 1. The van der Waals surface area contributed by atoms with Gasteiger partial charge in [0.1, 0.15) is 0 Å². The number of carbonyl (C=O) groups is 1. The van der Waals surface area contributed by atoms with Crippen molar-refractivity contribution in [2.75, 3.05) is 24.6 Å². The summed E-state index contributed by atoms with van der Waals surface area (Å²) in [6.45, 7) is 1.06. The van der Waals surface area contributed by atoms with Crippen molar-refractivity contribution in [3.05, 3.63) is 29.8 Å². The molecule has 3 rings (SSSR count). The van der Waals surface area contributed by atoms with Crippen LogP contribution in [0.1, 0.15) is 29.6 Å². The van der Waals surface area contributed by atoms with E-state index in [1.54, 1.807) is 0 Å². The number of amides is 1. The third kappa shape index (κ3) is 3.62. The molecule has 132 valence electrons. The molecule has 1 N–H and O–H groups in total. The number of sulfonamides is 1. The van der Waals surface area contributed by atoms with Gasteiger partial charge in [-0.1, -0.05) is 0 Å². The highest BCUT2D eigenvalue weighted by Crippen LogP contribution is 2.21. The van der Waals surface area contributed by atoms with Gasteiger partial charge in [-0.05, 0) is 43.5 Å². The second-order valence-electron chi connectivity index (χ2n) is 6.21. The van der Waals surface area contributed by atoms with Gasteiger partial charge in [-0.25, -0.2) is 16.8 Å². The smallest absolute Gasteiger partial charge is 0.251 e. The molecule has 0 saturated carbocycles. The molecule has 1 aromatic carbocycles. The Kier molecular flexibility index (Phi) is 4.67. The van der Waals surface area contributed by atoms with Gasteiger partial charge in [-0.3, -0.25) is 4.79 Å². The summed E-state index contributed by atoms with van der Waals surface area (Å²) < 4.78 is 49.1. The fraction of sp³-hybridized carbons (Fsp3) is 0.533. The predicted molar refractivity (Wildman–Crippen MR) is 89.0 cm³/mol. The van der Waals surface area contributed by atoms with E-state index in [-0.39, 0.29) is 28.4 Å². The molecule has 0 spiro atoms. The van der Waals surface area contributed by atoms with Gasteiger partial charge in [0, 0.05) is 24.7 Å². The number of hydrogen-bond acceptors (Lipinski definition) is 5. The fourth-order valence-electron chi connectivity index (χ4n) is 3.03. The van der Waals surface area contributed by atoms with E-state index in [1.165, 1.54) is 28.6 Å². The van der Waals surface area contributed by atoms with E-state index >= 15 is 0 Å². The molecule has 0 bridgehead atoms. The first-order chi connectivity index (χ1) is 11.3. The number of carbonyl (C=O) groups excluding carboxylic acids is 1. The van der Waals surface area contributed by atoms with Crippen LogP contribution in [0.3, 0.4) is 0 Å². The van der Waals surface area contributed by atoms with Crippen molar-refractivity contribution < 1.29 is 21.6 Å². The lowest BCUT2D eigenvalue weighted by molar-refractivity contribution is 0.0941. The summed E-state index contributed by atoms with van der Waals surface area (Å²) in [6.07, 6.45) is 2.14. The maximum Gasteiger partial charge on any atom is 0.251 e. The lowest BCUT2D eigenvalue weighted by atomic mass is 10.2. The Morgan fingerprint density at radius 3 is 2.29 bits per heavy atom. The number of benzene rings is 1. The zero-order valence-electron chi connectivity index (χ0n) is 13.1. The molecule has 1 atom stereocenters. The van der Waals surface area contributed by atoms with Crippen LogP contribution in [0, 0.1) is 0 Å². The molecule has 0 unspecified atom stereocenters. The SMILES string of the molecule is O=C(N[C@H]1CCS(=O)(=O)C1)c1ccc(S(=O)(=O)N2CCCC2)cc1. The number of hydrogen-bond donors (Lipinski definition) is 1. The Morgan fingerprint density at radius 1 is 1.12 bits per heavy atom. The van der Waals surface area contributed by atoms with Crippen LogP contribution in [0.2, 0.25) is 0 Å². The zero-order valence-corrected chi connectivity index (χ0v) is 14.8. The van der Waals surface area contributed by atoms with Crippen LogP contribution in [-0.4, -0.2) is 57.7 Å². The first kappa shape index (κ1) is 17.4. The maximum atomic E-state index is 12.4. The molecule has 1 aromatic rings. The van der Waals surface area contributed by atoms with Crippen molar-refractivity contribution >= 4 is 25.8 Å². The van der Waals surface area contributed by atoms with Crippen molar-refractivity contribution in [3.63, 3.8) is 0 Å². The largest absolute Gasteiger partial charge is 0.348 e. The van der Waals surface area contributed by atoms with Crippen LogP contribution in [0.5, 0.6) is 0 Å². The van der Waals surface area contributed by atoms with Gasteiger partial charge >= 0.3 is 0 Å². The van der Waals surface area contributed by atoms with Crippen molar-refractivity contribution in [2.24, 2.45) is 0 Å². The second kappa shape index (κ2) is 6.45. The molecule has 0 aliphatic carbocycles. The van der Waals surface area contributed by atoms with Gasteiger partial charge in [-0.2, -0.15) is 4.31 Å². The van der Waals surface area contributed by atoms with Gasteiger partial charge in [0.2, 0.25) is 10.0 Å². The summed E-state index contributed by atoms with van der Waals surface area (Å²) in [5.41, 5.74) is 0.319. The Morgan fingerprint density at radius 2 is 1.75 bits per heavy atom. The average molecular weight is 372 g/mol. The summed E-state index contributed by atoms with van der Waals surface area (Å²) in [5, 5.41) is 2.69. The molecule has 2 heterocycles. The number of rotatable bonds is 4. The van der Waals surface area contributed by atoms with Gasteiger partial charge in [0.15, 0.2) is 9.84 Å². The quantitative estimate of drug-likeness (QED) is 0.824. The average Bonchev–Trinajstić information content (AvgIpc) is 3.17. The summed E-state index contributed by atoms with van der Waals surface area (Å²) in [4.78, 5) is 12.3.